The van der Waals surface area contributed by atoms with Crippen LogP contribution in [0.15, 0.2) is 54.7 Å². The van der Waals surface area contributed by atoms with E-state index in [-0.39, 0.29) is 0 Å². The summed E-state index contributed by atoms with van der Waals surface area (Å²) in [5, 5.41) is 22.4. The predicted octanol–water partition coefficient (Wildman–Crippen LogP) is 3.41. The van der Waals surface area contributed by atoms with E-state index >= 15 is 0 Å². The molecule has 0 aliphatic carbocycles. The molecule has 1 aromatic heterocycles. The number of nitrogens with one attached hydrogen (secondary N) is 1. The quantitative estimate of drug-likeness (QED) is 0.742. The highest BCUT2D eigenvalue weighted by atomic mass is 16.3. The van der Waals surface area contributed by atoms with E-state index in [1.807, 2.05) is 37.4 Å². The van der Waals surface area contributed by atoms with Gasteiger partial charge in [-0.3, -0.25) is 0 Å². The van der Waals surface area contributed by atoms with Gasteiger partial charge in [-0.05, 0) is 37.4 Å². The molecule has 2 N–H and O–H groups in total. The van der Waals surface area contributed by atoms with Gasteiger partial charge in [0.05, 0.1) is 18.8 Å². The average molecular weight is 348 g/mol. The van der Waals surface area contributed by atoms with Gasteiger partial charge in [0.15, 0.2) is 0 Å². The molecule has 2 heterocycles. The molecule has 2 aromatic carbocycles. The summed E-state index contributed by atoms with van der Waals surface area (Å²) in [5.41, 5.74) is 5.27. The van der Waals surface area contributed by atoms with Crippen molar-refractivity contribution in [1.29, 1.82) is 0 Å². The Morgan fingerprint density at radius 2 is 1.92 bits per heavy atom. The fourth-order valence-electron chi connectivity index (χ4n) is 3.45. The summed E-state index contributed by atoms with van der Waals surface area (Å²) in [7, 11) is 0. The lowest BCUT2D eigenvalue weighted by Gasteiger charge is -2.11. The van der Waals surface area contributed by atoms with Gasteiger partial charge in [0.2, 0.25) is 0 Å². The van der Waals surface area contributed by atoms with Crippen LogP contribution in [-0.4, -0.2) is 26.6 Å². The molecule has 1 fully saturated rings. The van der Waals surface area contributed by atoms with Gasteiger partial charge in [0.25, 0.3) is 0 Å². The van der Waals surface area contributed by atoms with Crippen molar-refractivity contribution in [1.82, 2.24) is 20.3 Å². The molecule has 0 saturated carbocycles. The van der Waals surface area contributed by atoms with Crippen LogP contribution in [0.4, 0.5) is 0 Å². The molecule has 0 amide bonds. The molecule has 5 heteroatoms. The minimum atomic E-state index is -0.596. The maximum Gasteiger partial charge on any atom is 0.113 e. The molecule has 1 aliphatic heterocycles. The van der Waals surface area contributed by atoms with Crippen molar-refractivity contribution in [3.05, 3.63) is 71.4 Å². The van der Waals surface area contributed by atoms with Gasteiger partial charge in [-0.2, -0.15) is 0 Å². The van der Waals surface area contributed by atoms with E-state index in [9.17, 15) is 5.11 Å². The molecule has 26 heavy (non-hydrogen) atoms. The van der Waals surface area contributed by atoms with Gasteiger partial charge < -0.3 is 10.4 Å². The molecule has 1 aliphatic rings. The molecule has 0 radical (unpaired) electrons. The Hall–Kier alpha value is -2.50. The van der Waals surface area contributed by atoms with Crippen LogP contribution >= 0.6 is 0 Å². The fourth-order valence-corrected chi connectivity index (χ4v) is 3.45. The number of aryl methyl sites for hydroxylation is 1. The minimum absolute atomic E-state index is 0.389. The van der Waals surface area contributed by atoms with Crippen LogP contribution in [0, 0.1) is 6.92 Å². The number of benzene rings is 2. The van der Waals surface area contributed by atoms with Crippen molar-refractivity contribution in [3.63, 3.8) is 0 Å². The van der Waals surface area contributed by atoms with Crippen LogP contribution in [0.3, 0.4) is 0 Å². The Morgan fingerprint density at radius 3 is 2.62 bits per heavy atom. The minimum Gasteiger partial charge on any atom is -0.386 e. The van der Waals surface area contributed by atoms with Gasteiger partial charge in [0.1, 0.15) is 5.69 Å². The SMILES string of the molecule is Cc1ccc(C(O)Cn2cc(-c3ccc(C4CCCN4)cc3)nn2)cc1. The highest BCUT2D eigenvalue weighted by molar-refractivity contribution is 5.58. The first-order valence-corrected chi connectivity index (χ1v) is 9.17. The molecule has 0 spiro atoms. The lowest BCUT2D eigenvalue weighted by Crippen LogP contribution is -2.12. The van der Waals surface area contributed by atoms with Gasteiger partial charge >= 0.3 is 0 Å². The normalized spacial score (nSPS) is 18.2. The summed E-state index contributed by atoms with van der Waals surface area (Å²) in [6, 6.07) is 16.9. The third-order valence-electron chi connectivity index (χ3n) is 5.03. The summed E-state index contributed by atoms with van der Waals surface area (Å²) in [4.78, 5) is 0. The Kier molecular flexibility index (Phi) is 4.82. The monoisotopic (exact) mass is 348 g/mol. The zero-order valence-electron chi connectivity index (χ0n) is 15.0. The number of rotatable bonds is 5. The molecular formula is C21H24N4O. The molecule has 3 aromatic rings. The van der Waals surface area contributed by atoms with Crippen molar-refractivity contribution < 1.29 is 5.11 Å². The van der Waals surface area contributed by atoms with E-state index in [0.717, 1.165) is 23.4 Å². The number of aliphatic hydroxyl groups excluding tert-OH is 1. The molecule has 1 saturated heterocycles. The number of hydrogen-bond donors (Lipinski definition) is 2. The Bertz CT molecular complexity index is 848. The van der Waals surface area contributed by atoms with Crippen molar-refractivity contribution in [2.75, 3.05) is 6.54 Å². The molecule has 5 nitrogen and oxygen atoms in total. The largest absolute Gasteiger partial charge is 0.386 e. The standard InChI is InChI=1S/C21H24N4O/c1-15-4-6-18(7-5-15)21(26)14-25-13-20(23-24-25)17-10-8-16(9-11-17)19-3-2-12-22-19/h4-11,13,19,21-22,26H,2-3,12,14H2,1H3. The third kappa shape index (κ3) is 3.69. The lowest BCUT2D eigenvalue weighted by atomic mass is 10.0. The summed E-state index contributed by atoms with van der Waals surface area (Å²) < 4.78 is 1.70. The molecular weight excluding hydrogens is 324 g/mol. The zero-order valence-corrected chi connectivity index (χ0v) is 15.0. The van der Waals surface area contributed by atoms with E-state index < -0.39 is 6.10 Å². The van der Waals surface area contributed by atoms with E-state index in [2.05, 4.69) is 39.9 Å². The van der Waals surface area contributed by atoms with Gasteiger partial charge in [0, 0.05) is 11.6 Å². The van der Waals surface area contributed by atoms with Gasteiger partial charge in [-0.1, -0.05) is 59.3 Å². The van der Waals surface area contributed by atoms with Crippen molar-refractivity contribution >= 4 is 0 Å². The van der Waals surface area contributed by atoms with Crippen LogP contribution in [0.2, 0.25) is 0 Å². The lowest BCUT2D eigenvalue weighted by molar-refractivity contribution is 0.150. The Morgan fingerprint density at radius 1 is 1.15 bits per heavy atom. The number of aliphatic hydroxyl groups is 1. The average Bonchev–Trinajstić information content (AvgIpc) is 3.34. The van der Waals surface area contributed by atoms with Crippen LogP contribution in [-0.2, 0) is 6.54 Å². The number of nitrogens with zero attached hydrogens (tertiary/aromatic N) is 3. The number of hydrogen-bond acceptors (Lipinski definition) is 4. The van der Waals surface area contributed by atoms with E-state index in [0.29, 0.717) is 12.6 Å². The molecule has 4 rings (SSSR count). The first-order chi connectivity index (χ1) is 12.7. The van der Waals surface area contributed by atoms with Crippen LogP contribution in [0.5, 0.6) is 0 Å². The van der Waals surface area contributed by atoms with Gasteiger partial charge in [-0.25, -0.2) is 4.68 Å². The van der Waals surface area contributed by atoms with Crippen LogP contribution in [0.1, 0.15) is 41.7 Å². The fraction of sp³-hybridized carbons (Fsp3) is 0.333. The van der Waals surface area contributed by atoms with E-state index in [1.54, 1.807) is 4.68 Å². The smallest absolute Gasteiger partial charge is 0.113 e. The van der Waals surface area contributed by atoms with E-state index in [1.165, 1.54) is 24.0 Å². The molecule has 2 unspecified atom stereocenters. The summed E-state index contributed by atoms with van der Waals surface area (Å²) in [6.07, 6.45) is 3.73. The van der Waals surface area contributed by atoms with Crippen LogP contribution in [0.25, 0.3) is 11.3 Å². The second kappa shape index (κ2) is 7.40. The predicted molar refractivity (Wildman–Crippen MR) is 102 cm³/mol. The zero-order chi connectivity index (χ0) is 17.9. The van der Waals surface area contributed by atoms with Crippen molar-refractivity contribution in [3.8, 4) is 11.3 Å². The topological polar surface area (TPSA) is 63.0 Å². The molecule has 2 atom stereocenters. The highest BCUT2D eigenvalue weighted by Crippen LogP contribution is 2.25. The van der Waals surface area contributed by atoms with E-state index in [4.69, 9.17) is 0 Å². The van der Waals surface area contributed by atoms with Crippen molar-refractivity contribution in [2.24, 2.45) is 0 Å². The Labute approximate surface area is 153 Å². The van der Waals surface area contributed by atoms with Crippen molar-refractivity contribution in [2.45, 2.75) is 38.5 Å². The molecule has 134 valence electrons. The number of aromatic nitrogens is 3. The second-order valence-corrected chi connectivity index (χ2v) is 7.02. The Balaban J connectivity index is 1.44. The maximum absolute atomic E-state index is 10.4. The third-order valence-corrected chi connectivity index (χ3v) is 5.03. The second-order valence-electron chi connectivity index (χ2n) is 7.02. The first-order valence-electron chi connectivity index (χ1n) is 9.17. The maximum atomic E-state index is 10.4. The summed E-state index contributed by atoms with van der Waals surface area (Å²) in [5.74, 6) is 0. The molecule has 0 bridgehead atoms. The first kappa shape index (κ1) is 16.9. The summed E-state index contributed by atoms with van der Waals surface area (Å²) >= 11 is 0. The highest BCUT2D eigenvalue weighted by Gasteiger charge is 2.16. The van der Waals surface area contributed by atoms with Gasteiger partial charge in [-0.15, -0.1) is 5.10 Å². The summed E-state index contributed by atoms with van der Waals surface area (Å²) in [6.45, 7) is 3.53. The van der Waals surface area contributed by atoms with Crippen LogP contribution < -0.4 is 5.32 Å².